The lowest BCUT2D eigenvalue weighted by atomic mass is 10.3. The van der Waals surface area contributed by atoms with Crippen LogP contribution in [0.5, 0.6) is 0 Å². The number of hydrazone groups is 1. The second-order valence-corrected chi connectivity index (χ2v) is 6.30. The summed E-state index contributed by atoms with van der Waals surface area (Å²) in [5, 5.41) is 4.44. The average molecular weight is 295 g/mol. The molecule has 0 atom stereocenters. The highest BCUT2D eigenvalue weighted by molar-refractivity contribution is 7.22. The lowest BCUT2D eigenvalue weighted by Crippen LogP contribution is -2.04. The minimum absolute atomic E-state index is 0.659. The van der Waals surface area contributed by atoms with Crippen molar-refractivity contribution in [1.82, 2.24) is 4.98 Å². The summed E-state index contributed by atoms with van der Waals surface area (Å²) in [6.07, 6.45) is 1.18. The van der Waals surface area contributed by atoms with E-state index in [1.165, 1.54) is 17.6 Å². The van der Waals surface area contributed by atoms with Gasteiger partial charge >= 0.3 is 0 Å². The number of thiazole rings is 1. The third-order valence-electron chi connectivity index (χ3n) is 1.67. The molecule has 0 saturated heterocycles. The highest BCUT2D eigenvalue weighted by Crippen LogP contribution is 2.26. The Bertz CT molecular complexity index is 485. The Morgan fingerprint density at radius 1 is 1.31 bits per heavy atom. The van der Waals surface area contributed by atoms with Gasteiger partial charge in [-0.05, 0) is 12.1 Å². The number of nitrogens with one attached hydrogen (secondary N) is 1. The summed E-state index contributed by atoms with van der Waals surface area (Å²) < 4.78 is -0.418. The van der Waals surface area contributed by atoms with Crippen molar-refractivity contribution in [3.05, 3.63) is 24.3 Å². The molecule has 0 bridgehead atoms. The van der Waals surface area contributed by atoms with Crippen LogP contribution in [-0.2, 0) is 0 Å². The summed E-state index contributed by atoms with van der Waals surface area (Å²) in [6, 6.07) is 7.79. The molecule has 2 aromatic rings. The number of anilines is 1. The van der Waals surface area contributed by atoms with E-state index in [1.807, 2.05) is 24.3 Å². The molecule has 0 spiro atoms. The zero-order valence-electron chi connectivity index (χ0n) is 7.82. The molecule has 0 aliphatic carbocycles. The van der Waals surface area contributed by atoms with E-state index in [4.69, 9.17) is 34.8 Å². The SMILES string of the molecule is ClC(Cl)(Cl)/C=N/Nc1nc2ccccc2s1. The predicted molar refractivity (Wildman–Crippen MR) is 72.0 cm³/mol. The van der Waals surface area contributed by atoms with Crippen LogP contribution >= 0.6 is 46.1 Å². The van der Waals surface area contributed by atoms with Crippen LogP contribution in [0.15, 0.2) is 29.4 Å². The summed E-state index contributed by atoms with van der Waals surface area (Å²) in [5.74, 6) is 0. The van der Waals surface area contributed by atoms with E-state index < -0.39 is 3.79 Å². The Labute approximate surface area is 111 Å². The van der Waals surface area contributed by atoms with Gasteiger partial charge in [0.1, 0.15) is 0 Å². The molecule has 2 rings (SSSR count). The van der Waals surface area contributed by atoms with E-state index in [9.17, 15) is 0 Å². The Kier molecular flexibility index (Phi) is 3.54. The maximum Gasteiger partial charge on any atom is 0.227 e. The van der Waals surface area contributed by atoms with Gasteiger partial charge in [0.15, 0.2) is 0 Å². The van der Waals surface area contributed by atoms with Gasteiger partial charge in [-0.2, -0.15) is 5.10 Å². The molecule has 0 aliphatic rings. The van der Waals surface area contributed by atoms with Crippen LogP contribution in [0, 0.1) is 0 Å². The lowest BCUT2D eigenvalue weighted by molar-refractivity contribution is 1.30. The molecule has 0 amide bonds. The lowest BCUT2D eigenvalue weighted by Gasteiger charge is -2.00. The largest absolute Gasteiger partial charge is 0.253 e. The summed E-state index contributed by atoms with van der Waals surface area (Å²) >= 11 is 18.0. The molecule has 1 heterocycles. The summed E-state index contributed by atoms with van der Waals surface area (Å²) in [4.78, 5) is 4.30. The Balaban J connectivity index is 2.13. The Morgan fingerprint density at radius 3 is 2.75 bits per heavy atom. The number of nitrogens with zero attached hydrogens (tertiary/aromatic N) is 2. The van der Waals surface area contributed by atoms with E-state index in [0.717, 1.165) is 10.2 Å². The van der Waals surface area contributed by atoms with Gasteiger partial charge in [0.25, 0.3) is 0 Å². The number of para-hydroxylation sites is 1. The van der Waals surface area contributed by atoms with Crippen molar-refractivity contribution in [3.8, 4) is 0 Å². The van der Waals surface area contributed by atoms with E-state index in [2.05, 4.69) is 15.5 Å². The smallest absolute Gasteiger partial charge is 0.227 e. The summed E-state index contributed by atoms with van der Waals surface area (Å²) in [6.45, 7) is 0. The van der Waals surface area contributed by atoms with E-state index in [-0.39, 0.29) is 0 Å². The predicted octanol–water partition coefficient (Wildman–Crippen LogP) is 4.06. The van der Waals surface area contributed by atoms with Crippen molar-refractivity contribution >= 4 is 67.7 Å². The maximum atomic E-state index is 5.50. The first-order valence-electron chi connectivity index (χ1n) is 4.27. The standard InChI is InChI=1S/C9H6Cl3N3S/c10-9(11,12)5-13-15-8-14-6-3-1-2-4-7(6)16-8/h1-5H,(H,14,15)/b13-5+. The van der Waals surface area contributed by atoms with Crippen LogP contribution in [0.2, 0.25) is 0 Å². The van der Waals surface area contributed by atoms with Crippen LogP contribution in [0.4, 0.5) is 5.13 Å². The van der Waals surface area contributed by atoms with Gasteiger partial charge in [-0.25, -0.2) is 4.98 Å². The topological polar surface area (TPSA) is 37.3 Å². The molecule has 3 nitrogen and oxygen atoms in total. The highest BCUT2D eigenvalue weighted by atomic mass is 35.6. The van der Waals surface area contributed by atoms with Gasteiger partial charge in [0.2, 0.25) is 8.92 Å². The van der Waals surface area contributed by atoms with Gasteiger partial charge in [0, 0.05) is 0 Å². The number of alkyl halides is 3. The average Bonchev–Trinajstić information content (AvgIpc) is 2.57. The van der Waals surface area contributed by atoms with Crippen LogP contribution in [-0.4, -0.2) is 15.0 Å². The van der Waals surface area contributed by atoms with Crippen LogP contribution in [0.25, 0.3) is 10.2 Å². The first-order valence-corrected chi connectivity index (χ1v) is 6.22. The second kappa shape index (κ2) is 4.75. The van der Waals surface area contributed by atoms with Gasteiger partial charge in [-0.3, -0.25) is 5.43 Å². The molecule has 0 unspecified atom stereocenters. The van der Waals surface area contributed by atoms with Crippen molar-refractivity contribution < 1.29 is 0 Å². The molecule has 16 heavy (non-hydrogen) atoms. The fourth-order valence-corrected chi connectivity index (χ4v) is 2.04. The molecule has 0 radical (unpaired) electrons. The van der Waals surface area contributed by atoms with E-state index >= 15 is 0 Å². The van der Waals surface area contributed by atoms with Crippen molar-refractivity contribution in [2.45, 2.75) is 3.79 Å². The number of halogens is 3. The van der Waals surface area contributed by atoms with Crippen molar-refractivity contribution in [2.75, 3.05) is 5.43 Å². The van der Waals surface area contributed by atoms with Crippen LogP contribution in [0.3, 0.4) is 0 Å². The molecular weight excluding hydrogens is 289 g/mol. The van der Waals surface area contributed by atoms with Crippen LogP contribution in [0.1, 0.15) is 0 Å². The molecule has 1 N–H and O–H groups in total. The minimum atomic E-state index is -1.50. The van der Waals surface area contributed by atoms with Gasteiger partial charge in [-0.15, -0.1) is 0 Å². The molecule has 0 fully saturated rings. The quantitative estimate of drug-likeness (QED) is 0.515. The van der Waals surface area contributed by atoms with Gasteiger partial charge < -0.3 is 0 Å². The van der Waals surface area contributed by atoms with E-state index in [1.54, 1.807) is 0 Å². The summed E-state index contributed by atoms with van der Waals surface area (Å²) in [7, 11) is 0. The number of fused-ring (bicyclic) bond motifs is 1. The number of rotatable bonds is 2. The Hall–Kier alpha value is -0.550. The second-order valence-electron chi connectivity index (χ2n) is 2.90. The van der Waals surface area contributed by atoms with Crippen molar-refractivity contribution in [3.63, 3.8) is 0 Å². The molecule has 1 aromatic heterocycles. The number of hydrogen-bond donors (Lipinski definition) is 1. The molecule has 1 aromatic carbocycles. The maximum absolute atomic E-state index is 5.50. The molecule has 0 aliphatic heterocycles. The normalized spacial score (nSPS) is 12.4. The van der Waals surface area contributed by atoms with Crippen LogP contribution < -0.4 is 5.43 Å². The minimum Gasteiger partial charge on any atom is -0.253 e. The van der Waals surface area contributed by atoms with Gasteiger partial charge in [-0.1, -0.05) is 58.3 Å². The summed E-state index contributed by atoms with van der Waals surface area (Å²) in [5.41, 5.74) is 3.63. The monoisotopic (exact) mass is 293 g/mol. The first-order chi connectivity index (χ1) is 7.54. The number of hydrogen-bond acceptors (Lipinski definition) is 4. The zero-order valence-corrected chi connectivity index (χ0v) is 10.9. The molecule has 7 heteroatoms. The first kappa shape index (κ1) is 11.9. The molecular formula is C9H6Cl3N3S. The third kappa shape index (κ3) is 3.22. The van der Waals surface area contributed by atoms with Crippen molar-refractivity contribution in [2.24, 2.45) is 5.10 Å². The fraction of sp³-hybridized carbons (Fsp3) is 0.111. The molecule has 0 saturated carbocycles. The third-order valence-corrected chi connectivity index (χ3v) is 2.90. The zero-order chi connectivity index (χ0) is 11.6. The molecule has 84 valence electrons. The number of aromatic nitrogens is 1. The van der Waals surface area contributed by atoms with Gasteiger partial charge in [0.05, 0.1) is 16.4 Å². The van der Waals surface area contributed by atoms with Crippen molar-refractivity contribution in [1.29, 1.82) is 0 Å². The number of benzene rings is 1. The Morgan fingerprint density at radius 2 is 2.06 bits per heavy atom. The highest BCUT2D eigenvalue weighted by Gasteiger charge is 2.15. The fourth-order valence-electron chi connectivity index (χ4n) is 1.08. The van der Waals surface area contributed by atoms with E-state index in [0.29, 0.717) is 5.13 Å².